The summed E-state index contributed by atoms with van der Waals surface area (Å²) in [5.41, 5.74) is 6.86. The van der Waals surface area contributed by atoms with Gasteiger partial charge < -0.3 is 10.6 Å². The highest BCUT2D eigenvalue weighted by Crippen LogP contribution is 2.25. The molecular formula is C14H24N2S. The summed E-state index contributed by atoms with van der Waals surface area (Å²) in [6.45, 7) is 7.39. The molecule has 0 heterocycles. The molecule has 0 spiro atoms. The Morgan fingerprint density at radius 2 is 1.76 bits per heavy atom. The van der Waals surface area contributed by atoms with Crippen LogP contribution in [0.3, 0.4) is 0 Å². The van der Waals surface area contributed by atoms with Gasteiger partial charge in [-0.2, -0.15) is 0 Å². The predicted octanol–water partition coefficient (Wildman–Crippen LogP) is 3.36. The zero-order valence-electron chi connectivity index (χ0n) is 11.3. The van der Waals surface area contributed by atoms with Crippen LogP contribution in [0, 0.1) is 0 Å². The molecule has 1 atom stereocenters. The molecule has 0 aromatic heterocycles. The molecular weight excluding hydrogens is 228 g/mol. The van der Waals surface area contributed by atoms with Gasteiger partial charge in [0.15, 0.2) is 0 Å². The molecule has 96 valence electrons. The average Bonchev–Trinajstić information content (AvgIpc) is 2.28. The largest absolute Gasteiger partial charge is 0.372 e. The fourth-order valence-corrected chi connectivity index (χ4v) is 2.56. The van der Waals surface area contributed by atoms with Crippen molar-refractivity contribution in [3.05, 3.63) is 24.3 Å². The molecule has 0 aliphatic carbocycles. The Labute approximate surface area is 110 Å². The van der Waals surface area contributed by atoms with Crippen LogP contribution in [-0.4, -0.2) is 24.9 Å². The maximum Gasteiger partial charge on any atom is 0.0366 e. The summed E-state index contributed by atoms with van der Waals surface area (Å²) in [4.78, 5) is 3.63. The highest BCUT2D eigenvalue weighted by Gasteiger charge is 2.09. The van der Waals surface area contributed by atoms with E-state index in [0.717, 1.165) is 13.0 Å². The van der Waals surface area contributed by atoms with Gasteiger partial charge in [0, 0.05) is 28.9 Å². The van der Waals surface area contributed by atoms with Crippen molar-refractivity contribution in [2.45, 2.75) is 43.4 Å². The summed E-state index contributed by atoms with van der Waals surface area (Å²) in [5.74, 6) is 0. The van der Waals surface area contributed by atoms with Crippen LogP contribution in [0.25, 0.3) is 0 Å². The molecule has 0 saturated heterocycles. The summed E-state index contributed by atoms with van der Waals surface area (Å²) < 4.78 is 0. The van der Waals surface area contributed by atoms with Crippen LogP contribution in [0.2, 0.25) is 0 Å². The Morgan fingerprint density at radius 3 is 2.24 bits per heavy atom. The van der Waals surface area contributed by atoms with Crippen molar-refractivity contribution in [3.8, 4) is 0 Å². The van der Waals surface area contributed by atoms with Gasteiger partial charge >= 0.3 is 0 Å². The Bertz CT molecular complexity index is 321. The molecule has 2 nitrogen and oxygen atoms in total. The quantitative estimate of drug-likeness (QED) is 0.787. The molecule has 0 aliphatic rings. The molecule has 0 aliphatic heterocycles. The van der Waals surface area contributed by atoms with Crippen LogP contribution in [0.4, 0.5) is 5.69 Å². The van der Waals surface area contributed by atoms with Crippen molar-refractivity contribution >= 4 is 17.4 Å². The van der Waals surface area contributed by atoms with Crippen molar-refractivity contribution in [3.63, 3.8) is 0 Å². The average molecular weight is 252 g/mol. The number of benzene rings is 1. The summed E-state index contributed by atoms with van der Waals surface area (Å²) in [7, 11) is 2.13. The predicted molar refractivity (Wildman–Crippen MR) is 79.0 cm³/mol. The third-order valence-corrected chi connectivity index (χ3v) is 3.88. The molecule has 3 heteroatoms. The number of nitrogens with two attached hydrogens (primary N) is 1. The van der Waals surface area contributed by atoms with Crippen molar-refractivity contribution in [1.82, 2.24) is 0 Å². The second-order valence-corrected chi connectivity index (χ2v) is 6.35. The minimum atomic E-state index is 0.489. The van der Waals surface area contributed by atoms with Crippen molar-refractivity contribution < 1.29 is 0 Å². The number of anilines is 1. The minimum absolute atomic E-state index is 0.489. The van der Waals surface area contributed by atoms with Crippen molar-refractivity contribution in [1.29, 1.82) is 0 Å². The third kappa shape index (κ3) is 4.60. The number of nitrogens with zero attached hydrogens (tertiary/aromatic N) is 1. The first-order chi connectivity index (χ1) is 8.04. The third-order valence-electron chi connectivity index (χ3n) is 2.86. The second-order valence-electron chi connectivity index (χ2n) is 4.70. The first-order valence-electron chi connectivity index (χ1n) is 6.24. The smallest absolute Gasteiger partial charge is 0.0366 e. The lowest BCUT2D eigenvalue weighted by Gasteiger charge is -2.26. The molecule has 0 bridgehead atoms. The molecule has 17 heavy (non-hydrogen) atoms. The zero-order valence-corrected chi connectivity index (χ0v) is 12.1. The van der Waals surface area contributed by atoms with Gasteiger partial charge in [-0.3, -0.25) is 0 Å². The van der Waals surface area contributed by atoms with Crippen LogP contribution in [0.15, 0.2) is 29.2 Å². The van der Waals surface area contributed by atoms with Crippen LogP contribution < -0.4 is 10.6 Å². The fourth-order valence-electron chi connectivity index (χ4n) is 1.72. The molecule has 0 amide bonds. The fraction of sp³-hybridized carbons (Fsp3) is 0.571. The van der Waals surface area contributed by atoms with E-state index in [2.05, 4.69) is 57.0 Å². The van der Waals surface area contributed by atoms with Crippen LogP contribution >= 0.6 is 11.8 Å². The molecule has 0 saturated carbocycles. The number of thioether (sulfide) groups is 1. The number of hydrogen-bond donors (Lipinski definition) is 1. The Hall–Kier alpha value is -0.670. The first-order valence-corrected chi connectivity index (χ1v) is 7.12. The highest BCUT2D eigenvalue weighted by atomic mass is 32.2. The van der Waals surface area contributed by atoms with Gasteiger partial charge in [-0.1, -0.05) is 13.8 Å². The van der Waals surface area contributed by atoms with Crippen LogP contribution in [-0.2, 0) is 0 Å². The van der Waals surface area contributed by atoms with E-state index in [4.69, 9.17) is 5.73 Å². The molecule has 2 N–H and O–H groups in total. The molecule has 1 aromatic rings. The Kier molecular flexibility index (Phi) is 5.86. The Balaban J connectivity index is 2.66. The van der Waals surface area contributed by atoms with Crippen molar-refractivity contribution in [2.75, 3.05) is 18.5 Å². The maximum atomic E-state index is 5.59. The Morgan fingerprint density at radius 1 is 1.18 bits per heavy atom. The molecule has 0 radical (unpaired) electrons. The highest BCUT2D eigenvalue weighted by molar-refractivity contribution is 7.99. The van der Waals surface area contributed by atoms with E-state index in [-0.39, 0.29) is 0 Å². The van der Waals surface area contributed by atoms with E-state index in [0.29, 0.717) is 11.3 Å². The molecule has 0 fully saturated rings. The van der Waals surface area contributed by atoms with E-state index in [1.165, 1.54) is 10.6 Å². The zero-order chi connectivity index (χ0) is 12.8. The lowest BCUT2D eigenvalue weighted by molar-refractivity contribution is 0.635. The van der Waals surface area contributed by atoms with Gasteiger partial charge in [0.05, 0.1) is 0 Å². The molecule has 1 unspecified atom stereocenters. The van der Waals surface area contributed by atoms with Gasteiger partial charge in [0.2, 0.25) is 0 Å². The van der Waals surface area contributed by atoms with Gasteiger partial charge in [-0.15, -0.1) is 11.8 Å². The van der Waals surface area contributed by atoms with Crippen LogP contribution in [0.5, 0.6) is 0 Å². The van der Waals surface area contributed by atoms with E-state index < -0.39 is 0 Å². The lowest BCUT2D eigenvalue weighted by atomic mass is 10.2. The van der Waals surface area contributed by atoms with Gasteiger partial charge in [-0.05, 0) is 44.2 Å². The molecule has 1 rings (SSSR count). The van der Waals surface area contributed by atoms with E-state index in [9.17, 15) is 0 Å². The van der Waals surface area contributed by atoms with Crippen molar-refractivity contribution in [2.24, 2.45) is 5.73 Å². The normalized spacial score (nSPS) is 12.8. The summed E-state index contributed by atoms with van der Waals surface area (Å²) >= 11 is 1.90. The topological polar surface area (TPSA) is 29.3 Å². The van der Waals surface area contributed by atoms with Gasteiger partial charge in [-0.25, -0.2) is 0 Å². The summed E-state index contributed by atoms with van der Waals surface area (Å²) in [5, 5.41) is 0.634. The van der Waals surface area contributed by atoms with Gasteiger partial charge in [0.25, 0.3) is 0 Å². The lowest BCUT2D eigenvalue weighted by Crippen LogP contribution is -2.30. The minimum Gasteiger partial charge on any atom is -0.372 e. The number of hydrogen-bond acceptors (Lipinski definition) is 3. The monoisotopic (exact) mass is 252 g/mol. The number of rotatable bonds is 6. The van der Waals surface area contributed by atoms with E-state index >= 15 is 0 Å². The molecule has 1 aromatic carbocycles. The van der Waals surface area contributed by atoms with E-state index in [1.807, 2.05) is 11.8 Å². The standard InChI is InChI=1S/C14H24N2S/c1-11(2)17-14-7-5-13(6-8-14)16(4)12(3)9-10-15/h5-8,11-12H,9-10,15H2,1-4H3. The van der Waals surface area contributed by atoms with Crippen LogP contribution in [0.1, 0.15) is 27.2 Å². The first kappa shape index (κ1) is 14.4. The summed E-state index contributed by atoms with van der Waals surface area (Å²) in [6.07, 6.45) is 1.03. The second kappa shape index (κ2) is 6.92. The van der Waals surface area contributed by atoms with E-state index in [1.54, 1.807) is 0 Å². The maximum absolute atomic E-state index is 5.59. The SMILES string of the molecule is CC(C)Sc1ccc(N(C)C(C)CCN)cc1. The summed E-state index contributed by atoms with van der Waals surface area (Å²) in [6, 6.07) is 9.27. The van der Waals surface area contributed by atoms with Gasteiger partial charge in [0.1, 0.15) is 0 Å².